The van der Waals surface area contributed by atoms with Gasteiger partial charge in [0.15, 0.2) is 0 Å². The number of rotatable bonds is 6. The number of nitrogens with one attached hydrogen (secondary N) is 1. The van der Waals surface area contributed by atoms with Crippen molar-refractivity contribution in [1.29, 1.82) is 0 Å². The minimum atomic E-state index is -0.275. The first-order valence-electron chi connectivity index (χ1n) is 8.31. The second-order valence-corrected chi connectivity index (χ2v) is 7.08. The van der Waals surface area contributed by atoms with Crippen molar-refractivity contribution in [3.63, 3.8) is 0 Å². The highest BCUT2D eigenvalue weighted by Crippen LogP contribution is 2.21. The quantitative estimate of drug-likeness (QED) is 0.808. The molecule has 1 saturated heterocycles. The second-order valence-electron chi connectivity index (χ2n) is 6.17. The van der Waals surface area contributed by atoms with Crippen LogP contribution in [-0.4, -0.2) is 34.8 Å². The minimum Gasteiger partial charge on any atom is -0.355 e. The van der Waals surface area contributed by atoms with E-state index in [1.165, 1.54) is 0 Å². The van der Waals surface area contributed by atoms with Crippen molar-refractivity contribution in [1.82, 2.24) is 15.2 Å². The van der Waals surface area contributed by atoms with Crippen molar-refractivity contribution in [3.8, 4) is 0 Å². The fourth-order valence-electron chi connectivity index (χ4n) is 2.96. The van der Waals surface area contributed by atoms with Gasteiger partial charge < -0.3 is 10.2 Å². The Hall–Kier alpha value is -2.21. The van der Waals surface area contributed by atoms with Gasteiger partial charge in [0, 0.05) is 48.8 Å². The van der Waals surface area contributed by atoms with Gasteiger partial charge in [0.25, 0.3) is 0 Å². The lowest BCUT2D eigenvalue weighted by Crippen LogP contribution is -2.34. The van der Waals surface area contributed by atoms with Crippen LogP contribution in [0.1, 0.15) is 17.7 Å². The maximum Gasteiger partial charge on any atom is 0.225 e. The molecule has 0 aliphatic carbocycles. The maximum absolute atomic E-state index is 12.3. The number of carbonyl (C=O) groups excluding carboxylic acids is 2. The molecule has 1 aliphatic rings. The summed E-state index contributed by atoms with van der Waals surface area (Å²) in [6.07, 6.45) is 2.71. The van der Waals surface area contributed by atoms with Crippen LogP contribution in [0.4, 0.5) is 0 Å². The summed E-state index contributed by atoms with van der Waals surface area (Å²) in [6, 6.07) is 13.6. The number of nitrogens with zero attached hydrogens (tertiary/aromatic N) is 2. The number of aromatic nitrogens is 1. The molecule has 1 aromatic carbocycles. The molecule has 2 heterocycles. The first kappa shape index (κ1) is 17.6. The molecular formula is C19H20BrN3O2. The fraction of sp³-hybridized carbons (Fsp3) is 0.316. The normalized spacial score (nSPS) is 16.9. The average molecular weight is 402 g/mol. The summed E-state index contributed by atoms with van der Waals surface area (Å²) >= 11 is 3.44. The number of benzene rings is 1. The third kappa shape index (κ3) is 4.89. The van der Waals surface area contributed by atoms with Gasteiger partial charge in [0.2, 0.25) is 11.8 Å². The molecule has 0 radical (unpaired) electrons. The molecular weight excluding hydrogens is 382 g/mol. The van der Waals surface area contributed by atoms with Gasteiger partial charge in [-0.1, -0.05) is 34.1 Å². The Kier molecular flexibility index (Phi) is 5.81. The smallest absolute Gasteiger partial charge is 0.225 e. The van der Waals surface area contributed by atoms with Gasteiger partial charge in [0.05, 0.1) is 5.92 Å². The predicted molar refractivity (Wildman–Crippen MR) is 98.6 cm³/mol. The summed E-state index contributed by atoms with van der Waals surface area (Å²) in [5, 5.41) is 2.92. The Morgan fingerprint density at radius 2 is 2.16 bits per heavy atom. The SMILES string of the molecule is O=C(NCCc1ccccn1)[C@@H]1CC(=O)N(Cc2cccc(Br)c2)C1. The van der Waals surface area contributed by atoms with Gasteiger partial charge in [-0.05, 0) is 29.8 Å². The highest BCUT2D eigenvalue weighted by atomic mass is 79.9. The first-order valence-corrected chi connectivity index (χ1v) is 9.11. The molecule has 0 unspecified atom stereocenters. The van der Waals surface area contributed by atoms with Crippen LogP contribution in [0.3, 0.4) is 0 Å². The predicted octanol–water partition coefficient (Wildman–Crippen LogP) is 2.55. The number of pyridine rings is 1. The van der Waals surface area contributed by atoms with Crippen LogP contribution in [-0.2, 0) is 22.6 Å². The Balaban J connectivity index is 1.48. The molecule has 0 saturated carbocycles. The van der Waals surface area contributed by atoms with Crippen LogP contribution in [0.15, 0.2) is 53.1 Å². The Bertz CT molecular complexity index is 751. The molecule has 1 N–H and O–H groups in total. The van der Waals surface area contributed by atoms with Crippen molar-refractivity contribution in [2.45, 2.75) is 19.4 Å². The molecule has 130 valence electrons. The summed E-state index contributed by atoms with van der Waals surface area (Å²) in [6.45, 7) is 1.54. The Morgan fingerprint density at radius 1 is 1.28 bits per heavy atom. The summed E-state index contributed by atoms with van der Waals surface area (Å²) in [5.74, 6) is -0.297. The van der Waals surface area contributed by atoms with Crippen molar-refractivity contribution in [3.05, 3.63) is 64.4 Å². The molecule has 2 aromatic rings. The molecule has 6 heteroatoms. The Labute approximate surface area is 155 Å². The highest BCUT2D eigenvalue weighted by Gasteiger charge is 2.34. The molecule has 1 aromatic heterocycles. The van der Waals surface area contributed by atoms with Gasteiger partial charge >= 0.3 is 0 Å². The van der Waals surface area contributed by atoms with Crippen LogP contribution >= 0.6 is 15.9 Å². The number of halogens is 1. The number of likely N-dealkylation sites (tertiary alicyclic amines) is 1. The molecule has 1 fully saturated rings. The van der Waals surface area contributed by atoms with E-state index >= 15 is 0 Å². The van der Waals surface area contributed by atoms with E-state index in [2.05, 4.69) is 26.2 Å². The molecule has 5 nitrogen and oxygen atoms in total. The standard InChI is InChI=1S/C19H20BrN3O2/c20-16-5-3-4-14(10-16)12-23-13-15(11-18(23)24)19(25)22-9-7-17-6-1-2-8-21-17/h1-6,8,10,15H,7,9,11-13H2,(H,22,25)/t15-/m1/s1. The van der Waals surface area contributed by atoms with Crippen LogP contribution < -0.4 is 5.32 Å². The zero-order chi connectivity index (χ0) is 17.6. The summed E-state index contributed by atoms with van der Waals surface area (Å²) in [4.78, 5) is 30.5. The van der Waals surface area contributed by atoms with Crippen LogP contribution in [0.25, 0.3) is 0 Å². The fourth-order valence-corrected chi connectivity index (χ4v) is 3.41. The molecule has 3 rings (SSSR count). The lowest BCUT2D eigenvalue weighted by atomic mass is 10.1. The third-order valence-corrected chi connectivity index (χ3v) is 4.75. The van der Waals surface area contributed by atoms with E-state index in [1.54, 1.807) is 11.1 Å². The van der Waals surface area contributed by atoms with Gasteiger partial charge in [-0.15, -0.1) is 0 Å². The van der Waals surface area contributed by atoms with Crippen molar-refractivity contribution in [2.24, 2.45) is 5.92 Å². The number of amides is 2. The second kappa shape index (κ2) is 8.25. The van der Waals surface area contributed by atoms with Crippen LogP contribution in [0.2, 0.25) is 0 Å². The number of hydrogen-bond acceptors (Lipinski definition) is 3. The topological polar surface area (TPSA) is 62.3 Å². The van der Waals surface area contributed by atoms with Gasteiger partial charge in [0.1, 0.15) is 0 Å². The van der Waals surface area contributed by atoms with Crippen molar-refractivity contribution >= 4 is 27.7 Å². The molecule has 1 atom stereocenters. The zero-order valence-electron chi connectivity index (χ0n) is 13.8. The monoisotopic (exact) mass is 401 g/mol. The number of hydrogen-bond donors (Lipinski definition) is 1. The van der Waals surface area contributed by atoms with Crippen molar-refractivity contribution < 1.29 is 9.59 Å². The molecule has 25 heavy (non-hydrogen) atoms. The Morgan fingerprint density at radius 3 is 2.92 bits per heavy atom. The van der Waals surface area contributed by atoms with E-state index in [0.29, 0.717) is 26.1 Å². The first-order chi connectivity index (χ1) is 12.1. The van der Waals surface area contributed by atoms with Gasteiger partial charge in [-0.2, -0.15) is 0 Å². The third-order valence-electron chi connectivity index (χ3n) is 4.25. The van der Waals surface area contributed by atoms with E-state index in [1.807, 2.05) is 42.5 Å². The maximum atomic E-state index is 12.3. The molecule has 0 spiro atoms. The number of carbonyl (C=O) groups is 2. The zero-order valence-corrected chi connectivity index (χ0v) is 15.4. The largest absolute Gasteiger partial charge is 0.355 e. The van der Waals surface area contributed by atoms with Crippen molar-refractivity contribution in [2.75, 3.05) is 13.1 Å². The average Bonchev–Trinajstić information content (AvgIpc) is 2.97. The van der Waals surface area contributed by atoms with Crippen LogP contribution in [0.5, 0.6) is 0 Å². The van der Waals surface area contributed by atoms with E-state index in [9.17, 15) is 9.59 Å². The van der Waals surface area contributed by atoms with E-state index < -0.39 is 0 Å². The van der Waals surface area contributed by atoms with E-state index in [4.69, 9.17) is 0 Å². The molecule has 1 aliphatic heterocycles. The highest BCUT2D eigenvalue weighted by molar-refractivity contribution is 9.10. The molecule has 0 bridgehead atoms. The van der Waals surface area contributed by atoms with E-state index in [0.717, 1.165) is 15.7 Å². The summed E-state index contributed by atoms with van der Waals surface area (Å²) < 4.78 is 0.987. The van der Waals surface area contributed by atoms with Gasteiger partial charge in [-0.3, -0.25) is 14.6 Å². The lowest BCUT2D eigenvalue weighted by Gasteiger charge is -2.17. The van der Waals surface area contributed by atoms with Gasteiger partial charge in [-0.25, -0.2) is 0 Å². The summed E-state index contributed by atoms with van der Waals surface area (Å²) in [7, 11) is 0. The van der Waals surface area contributed by atoms with E-state index in [-0.39, 0.29) is 24.2 Å². The van der Waals surface area contributed by atoms with Crippen LogP contribution in [0, 0.1) is 5.92 Å². The minimum absolute atomic E-state index is 0.0323. The molecule has 2 amide bonds. The summed E-state index contributed by atoms with van der Waals surface area (Å²) in [5.41, 5.74) is 2.00. The lowest BCUT2D eigenvalue weighted by molar-refractivity contribution is -0.129.